The van der Waals surface area contributed by atoms with Crippen molar-refractivity contribution in [3.05, 3.63) is 29.8 Å². The molecule has 0 spiro atoms. The number of urea groups is 1. The van der Waals surface area contributed by atoms with E-state index in [1.807, 2.05) is 31.2 Å². The zero-order valence-electron chi connectivity index (χ0n) is 14.5. The lowest BCUT2D eigenvalue weighted by atomic mass is 10.2. The minimum atomic E-state index is -3.19. The van der Waals surface area contributed by atoms with Crippen LogP contribution in [-0.2, 0) is 10.0 Å². The first-order valence-corrected chi connectivity index (χ1v) is 10.1. The summed E-state index contributed by atoms with van der Waals surface area (Å²) in [6.45, 7) is 5.63. The van der Waals surface area contributed by atoms with E-state index in [-0.39, 0.29) is 11.8 Å². The molecule has 0 saturated carbocycles. The second-order valence-corrected chi connectivity index (χ2v) is 8.29. The molecule has 0 aliphatic carbocycles. The number of unbranched alkanes of at least 4 members (excludes halogenated alkanes) is 2. The number of nitrogens with zero attached hydrogens (tertiary/aromatic N) is 2. The summed E-state index contributed by atoms with van der Waals surface area (Å²) < 4.78 is 26.0. The maximum Gasteiger partial charge on any atom is 0.321 e. The van der Waals surface area contributed by atoms with Gasteiger partial charge >= 0.3 is 6.03 Å². The predicted molar refractivity (Wildman–Crippen MR) is 96.7 cm³/mol. The lowest BCUT2D eigenvalue weighted by Gasteiger charge is -2.34. The van der Waals surface area contributed by atoms with Gasteiger partial charge in [-0.05, 0) is 25.5 Å². The predicted octanol–water partition coefficient (Wildman–Crippen LogP) is 2.66. The van der Waals surface area contributed by atoms with E-state index in [9.17, 15) is 13.2 Å². The Kier molecular flexibility index (Phi) is 6.62. The van der Waals surface area contributed by atoms with Crippen LogP contribution in [0.2, 0.25) is 0 Å². The van der Waals surface area contributed by atoms with Gasteiger partial charge in [0, 0.05) is 31.9 Å². The van der Waals surface area contributed by atoms with Gasteiger partial charge < -0.3 is 10.2 Å². The molecular formula is C17H27N3O3S. The molecule has 7 heteroatoms. The summed E-state index contributed by atoms with van der Waals surface area (Å²) in [4.78, 5) is 13.9. The number of hydrogen-bond donors (Lipinski definition) is 1. The monoisotopic (exact) mass is 353 g/mol. The second-order valence-electron chi connectivity index (χ2n) is 6.21. The van der Waals surface area contributed by atoms with Gasteiger partial charge in [-0.3, -0.25) is 0 Å². The molecular weight excluding hydrogens is 326 g/mol. The molecule has 1 aliphatic rings. The smallest absolute Gasteiger partial charge is 0.321 e. The number of anilines is 1. The summed E-state index contributed by atoms with van der Waals surface area (Å²) in [6.07, 6.45) is 2.63. The molecule has 1 aromatic carbocycles. The van der Waals surface area contributed by atoms with Crippen LogP contribution in [0.4, 0.5) is 10.5 Å². The highest BCUT2D eigenvalue weighted by molar-refractivity contribution is 7.89. The Labute approximate surface area is 144 Å². The number of amides is 2. The molecule has 24 heavy (non-hydrogen) atoms. The third-order valence-corrected chi connectivity index (χ3v) is 6.18. The van der Waals surface area contributed by atoms with Crippen molar-refractivity contribution < 1.29 is 13.2 Å². The van der Waals surface area contributed by atoms with Crippen LogP contribution < -0.4 is 5.32 Å². The van der Waals surface area contributed by atoms with E-state index in [0.717, 1.165) is 24.1 Å². The van der Waals surface area contributed by atoms with Crippen molar-refractivity contribution in [2.75, 3.05) is 37.2 Å². The molecule has 0 bridgehead atoms. The number of benzene rings is 1. The van der Waals surface area contributed by atoms with Gasteiger partial charge in [-0.15, -0.1) is 0 Å². The standard InChI is InChI=1S/C17H27N3O3S/c1-3-4-5-14-24(22,23)20-12-10-19(11-13-20)17(21)18-16-8-6-15(2)7-9-16/h6-9H,3-5,10-14H2,1-2H3,(H,18,21). The van der Waals surface area contributed by atoms with Crippen molar-refractivity contribution in [1.82, 2.24) is 9.21 Å². The summed E-state index contributed by atoms with van der Waals surface area (Å²) in [6, 6.07) is 7.43. The Hall–Kier alpha value is -1.60. The van der Waals surface area contributed by atoms with Crippen molar-refractivity contribution in [2.24, 2.45) is 0 Å². The molecule has 1 heterocycles. The van der Waals surface area contributed by atoms with Crippen molar-refractivity contribution in [2.45, 2.75) is 33.1 Å². The number of rotatable bonds is 6. The molecule has 0 unspecified atom stereocenters. The fourth-order valence-corrected chi connectivity index (χ4v) is 4.22. The zero-order chi connectivity index (χ0) is 17.6. The first-order chi connectivity index (χ1) is 11.4. The van der Waals surface area contributed by atoms with Gasteiger partial charge in [0.15, 0.2) is 0 Å². The Morgan fingerprint density at radius 1 is 1.08 bits per heavy atom. The number of hydrogen-bond acceptors (Lipinski definition) is 3. The molecule has 1 fully saturated rings. The summed E-state index contributed by atoms with van der Waals surface area (Å²) >= 11 is 0. The highest BCUT2D eigenvalue weighted by atomic mass is 32.2. The quantitative estimate of drug-likeness (QED) is 0.799. The first-order valence-electron chi connectivity index (χ1n) is 8.53. The van der Waals surface area contributed by atoms with E-state index in [1.54, 1.807) is 4.90 Å². The van der Waals surface area contributed by atoms with E-state index in [0.29, 0.717) is 32.6 Å². The zero-order valence-corrected chi connectivity index (χ0v) is 15.3. The van der Waals surface area contributed by atoms with E-state index < -0.39 is 10.0 Å². The number of aryl methyl sites for hydroxylation is 1. The Morgan fingerprint density at radius 2 is 1.71 bits per heavy atom. The van der Waals surface area contributed by atoms with E-state index in [4.69, 9.17) is 0 Å². The van der Waals surface area contributed by atoms with Crippen molar-refractivity contribution in [3.8, 4) is 0 Å². The minimum absolute atomic E-state index is 0.179. The highest BCUT2D eigenvalue weighted by Gasteiger charge is 2.28. The number of sulfonamides is 1. The SMILES string of the molecule is CCCCCS(=O)(=O)N1CCN(C(=O)Nc2ccc(C)cc2)CC1. The van der Waals surface area contributed by atoms with Gasteiger partial charge in [0.05, 0.1) is 5.75 Å². The molecule has 1 aliphatic heterocycles. The van der Waals surface area contributed by atoms with Crippen LogP contribution >= 0.6 is 0 Å². The molecule has 0 aromatic heterocycles. The molecule has 1 N–H and O–H groups in total. The van der Waals surface area contributed by atoms with Gasteiger partial charge in [0.1, 0.15) is 0 Å². The second kappa shape index (κ2) is 8.48. The fraction of sp³-hybridized carbons (Fsp3) is 0.588. The lowest BCUT2D eigenvalue weighted by Crippen LogP contribution is -2.52. The molecule has 134 valence electrons. The largest absolute Gasteiger partial charge is 0.322 e. The van der Waals surface area contributed by atoms with Crippen LogP contribution in [0.3, 0.4) is 0 Å². The number of carbonyl (C=O) groups is 1. The number of carbonyl (C=O) groups excluding carboxylic acids is 1. The van der Waals surface area contributed by atoms with Gasteiger partial charge in [0.2, 0.25) is 10.0 Å². The molecule has 1 aromatic rings. The molecule has 1 saturated heterocycles. The topological polar surface area (TPSA) is 69.7 Å². The number of nitrogens with one attached hydrogen (secondary N) is 1. The summed E-state index contributed by atoms with van der Waals surface area (Å²) in [5.74, 6) is 0.205. The summed E-state index contributed by atoms with van der Waals surface area (Å²) in [7, 11) is -3.19. The third kappa shape index (κ3) is 5.21. The van der Waals surface area contributed by atoms with Crippen molar-refractivity contribution in [1.29, 1.82) is 0 Å². The van der Waals surface area contributed by atoms with E-state index in [1.165, 1.54) is 4.31 Å². The fourth-order valence-electron chi connectivity index (χ4n) is 2.67. The van der Waals surface area contributed by atoms with Crippen LogP contribution in [0.5, 0.6) is 0 Å². The highest BCUT2D eigenvalue weighted by Crippen LogP contribution is 2.13. The maximum absolute atomic E-state index is 12.3. The average molecular weight is 353 g/mol. The molecule has 0 radical (unpaired) electrons. The lowest BCUT2D eigenvalue weighted by molar-refractivity contribution is 0.184. The van der Waals surface area contributed by atoms with Crippen LogP contribution in [0, 0.1) is 6.92 Å². The Balaban J connectivity index is 1.83. The summed E-state index contributed by atoms with van der Waals surface area (Å²) in [5.41, 5.74) is 1.88. The van der Waals surface area contributed by atoms with Gasteiger partial charge in [-0.2, -0.15) is 4.31 Å². The normalized spacial score (nSPS) is 16.2. The Morgan fingerprint density at radius 3 is 2.29 bits per heavy atom. The summed E-state index contributed by atoms with van der Waals surface area (Å²) in [5, 5.41) is 2.85. The third-order valence-electron chi connectivity index (χ3n) is 4.23. The first kappa shape index (κ1) is 18.7. The Bertz CT molecular complexity index is 636. The molecule has 6 nitrogen and oxygen atoms in total. The van der Waals surface area contributed by atoms with Crippen molar-refractivity contribution in [3.63, 3.8) is 0 Å². The van der Waals surface area contributed by atoms with Crippen LogP contribution in [0.15, 0.2) is 24.3 Å². The van der Waals surface area contributed by atoms with E-state index >= 15 is 0 Å². The molecule has 2 rings (SSSR count). The van der Waals surface area contributed by atoms with Gasteiger partial charge in [0.25, 0.3) is 0 Å². The average Bonchev–Trinajstić information content (AvgIpc) is 2.57. The van der Waals surface area contributed by atoms with Crippen LogP contribution in [0.1, 0.15) is 31.7 Å². The number of piperazine rings is 1. The van der Waals surface area contributed by atoms with Gasteiger partial charge in [-0.1, -0.05) is 37.5 Å². The van der Waals surface area contributed by atoms with E-state index in [2.05, 4.69) is 12.2 Å². The molecule has 2 amide bonds. The molecule has 0 atom stereocenters. The van der Waals surface area contributed by atoms with Crippen molar-refractivity contribution >= 4 is 21.7 Å². The van der Waals surface area contributed by atoms with Gasteiger partial charge in [-0.25, -0.2) is 13.2 Å². The maximum atomic E-state index is 12.3. The van der Waals surface area contributed by atoms with Crippen LogP contribution in [0.25, 0.3) is 0 Å². The van der Waals surface area contributed by atoms with Crippen LogP contribution in [-0.4, -0.2) is 55.6 Å². The minimum Gasteiger partial charge on any atom is -0.322 e.